The van der Waals surface area contributed by atoms with Crippen molar-refractivity contribution in [1.29, 1.82) is 0 Å². The zero-order valence-electron chi connectivity index (χ0n) is 15.3. The molecule has 2 amide bonds. The molecule has 0 aliphatic carbocycles. The first kappa shape index (κ1) is 18.6. The van der Waals surface area contributed by atoms with Crippen molar-refractivity contribution in [3.8, 4) is 0 Å². The number of amides is 2. The van der Waals surface area contributed by atoms with E-state index in [0.717, 1.165) is 29.0 Å². The Bertz CT molecular complexity index is 910. The van der Waals surface area contributed by atoms with Crippen LogP contribution in [-0.4, -0.2) is 29.8 Å². The summed E-state index contributed by atoms with van der Waals surface area (Å²) in [5.41, 5.74) is 3.83. The summed E-state index contributed by atoms with van der Waals surface area (Å²) in [6, 6.07) is 12.5. The van der Waals surface area contributed by atoms with Crippen molar-refractivity contribution in [2.45, 2.75) is 26.7 Å². The van der Waals surface area contributed by atoms with E-state index in [-0.39, 0.29) is 23.9 Å². The fourth-order valence-corrected chi connectivity index (χ4v) is 3.49. The van der Waals surface area contributed by atoms with Gasteiger partial charge in [-0.3, -0.25) is 19.7 Å². The predicted molar refractivity (Wildman–Crippen MR) is 103 cm³/mol. The Kier molecular flexibility index (Phi) is 5.21. The highest BCUT2D eigenvalue weighted by molar-refractivity contribution is 6.02. The summed E-state index contributed by atoms with van der Waals surface area (Å²) in [5, 5.41) is 10.5. The Morgan fingerprint density at radius 2 is 1.44 bits per heavy atom. The topological polar surface area (TPSA) is 83.8 Å². The standard InChI is InChI=1S/C10H10N2O3.C10H11NO/c1-2-11-9-4-3-8(12(14)15)5-7(9)6-10(11)13;1-2-11-9-6-4-3-5-8(9)7-10(11)12/h3-5H,2,6H2,1H3;3-6H,2,7H2,1H3. The Morgan fingerprint density at radius 3 is 2.04 bits per heavy atom. The van der Waals surface area contributed by atoms with Crippen molar-refractivity contribution in [3.63, 3.8) is 0 Å². The monoisotopic (exact) mass is 367 g/mol. The van der Waals surface area contributed by atoms with Gasteiger partial charge < -0.3 is 9.80 Å². The first-order valence-corrected chi connectivity index (χ1v) is 8.92. The van der Waals surface area contributed by atoms with Gasteiger partial charge in [0.05, 0.1) is 17.8 Å². The minimum absolute atomic E-state index is 0.00741. The zero-order chi connectivity index (χ0) is 19.6. The van der Waals surface area contributed by atoms with Gasteiger partial charge in [-0.2, -0.15) is 0 Å². The van der Waals surface area contributed by atoms with Crippen LogP contribution in [0.2, 0.25) is 0 Å². The van der Waals surface area contributed by atoms with Crippen molar-refractivity contribution in [1.82, 2.24) is 0 Å². The van der Waals surface area contributed by atoms with E-state index in [2.05, 4.69) is 0 Å². The molecule has 0 unspecified atom stereocenters. The highest BCUT2D eigenvalue weighted by Crippen LogP contribution is 2.31. The molecule has 0 spiro atoms. The summed E-state index contributed by atoms with van der Waals surface area (Å²) in [5.74, 6) is 0.228. The van der Waals surface area contributed by atoms with Crippen LogP contribution in [0.5, 0.6) is 0 Å². The molecular weight excluding hydrogens is 346 g/mol. The number of anilines is 2. The van der Waals surface area contributed by atoms with E-state index in [1.165, 1.54) is 12.1 Å². The number of fused-ring (bicyclic) bond motifs is 2. The second kappa shape index (κ2) is 7.57. The Hall–Kier alpha value is -3.22. The molecule has 0 atom stereocenters. The largest absolute Gasteiger partial charge is 0.312 e. The van der Waals surface area contributed by atoms with Crippen LogP contribution >= 0.6 is 0 Å². The molecule has 140 valence electrons. The molecule has 2 aromatic carbocycles. The van der Waals surface area contributed by atoms with Gasteiger partial charge in [0, 0.05) is 36.6 Å². The van der Waals surface area contributed by atoms with E-state index in [4.69, 9.17) is 0 Å². The van der Waals surface area contributed by atoms with Crippen molar-refractivity contribution in [2.24, 2.45) is 0 Å². The van der Waals surface area contributed by atoms with Gasteiger partial charge in [-0.15, -0.1) is 0 Å². The van der Waals surface area contributed by atoms with Gasteiger partial charge >= 0.3 is 0 Å². The van der Waals surface area contributed by atoms with Crippen LogP contribution in [0.1, 0.15) is 25.0 Å². The van der Waals surface area contributed by atoms with Gasteiger partial charge in [-0.05, 0) is 37.1 Å². The van der Waals surface area contributed by atoms with Crippen LogP contribution in [0.25, 0.3) is 0 Å². The number of nitrogens with zero attached hydrogens (tertiary/aromatic N) is 3. The van der Waals surface area contributed by atoms with Crippen molar-refractivity contribution in [3.05, 3.63) is 63.7 Å². The third-order valence-corrected chi connectivity index (χ3v) is 4.77. The maximum Gasteiger partial charge on any atom is 0.269 e. The molecule has 0 bridgehead atoms. The maximum atomic E-state index is 11.5. The molecule has 0 fully saturated rings. The first-order valence-electron chi connectivity index (χ1n) is 8.92. The smallest absolute Gasteiger partial charge is 0.269 e. The van der Waals surface area contributed by atoms with Crippen molar-refractivity contribution >= 4 is 28.9 Å². The third-order valence-electron chi connectivity index (χ3n) is 4.77. The number of carbonyl (C=O) groups excluding carboxylic acids is 2. The second-order valence-corrected chi connectivity index (χ2v) is 6.33. The molecule has 2 aromatic rings. The molecule has 0 radical (unpaired) electrons. The van der Waals surface area contributed by atoms with E-state index in [0.29, 0.717) is 13.0 Å². The number of non-ortho nitro benzene ring substituents is 1. The molecule has 2 heterocycles. The lowest BCUT2D eigenvalue weighted by Gasteiger charge is -2.13. The molecule has 0 saturated heterocycles. The molecule has 7 heteroatoms. The van der Waals surface area contributed by atoms with Gasteiger partial charge in [-0.1, -0.05) is 18.2 Å². The molecular formula is C20H21N3O4. The lowest BCUT2D eigenvalue weighted by atomic mass is 10.1. The van der Waals surface area contributed by atoms with E-state index in [9.17, 15) is 19.7 Å². The molecule has 0 N–H and O–H groups in total. The number of nitro benzene ring substituents is 1. The van der Waals surface area contributed by atoms with Gasteiger partial charge in [0.1, 0.15) is 0 Å². The molecule has 2 aliphatic heterocycles. The second-order valence-electron chi connectivity index (χ2n) is 6.33. The van der Waals surface area contributed by atoms with Gasteiger partial charge in [0.15, 0.2) is 0 Å². The average Bonchev–Trinajstić information content (AvgIpc) is 3.15. The zero-order valence-corrected chi connectivity index (χ0v) is 15.3. The number of likely N-dealkylation sites (N-methyl/N-ethyl adjacent to an activating group) is 2. The number of benzene rings is 2. The maximum absolute atomic E-state index is 11.5. The highest BCUT2D eigenvalue weighted by Gasteiger charge is 2.27. The highest BCUT2D eigenvalue weighted by atomic mass is 16.6. The molecule has 27 heavy (non-hydrogen) atoms. The SMILES string of the molecule is CCN1C(=O)Cc2cc([N+](=O)[O-])ccc21.CCN1C(=O)Cc2ccccc21. The number of hydrogen-bond acceptors (Lipinski definition) is 4. The Morgan fingerprint density at radius 1 is 0.889 bits per heavy atom. The van der Waals surface area contributed by atoms with Gasteiger partial charge in [-0.25, -0.2) is 0 Å². The lowest BCUT2D eigenvalue weighted by molar-refractivity contribution is -0.384. The number of rotatable bonds is 3. The van der Waals surface area contributed by atoms with E-state index in [1.807, 2.05) is 43.0 Å². The third kappa shape index (κ3) is 3.53. The van der Waals surface area contributed by atoms with Crippen LogP contribution in [-0.2, 0) is 22.4 Å². The van der Waals surface area contributed by atoms with Crippen LogP contribution in [0.4, 0.5) is 17.1 Å². The fourth-order valence-electron chi connectivity index (χ4n) is 3.49. The normalized spacial score (nSPS) is 14.6. The van der Waals surface area contributed by atoms with Crippen LogP contribution < -0.4 is 9.80 Å². The van der Waals surface area contributed by atoms with Crippen LogP contribution in [0.3, 0.4) is 0 Å². The summed E-state index contributed by atoms with van der Waals surface area (Å²) in [7, 11) is 0. The summed E-state index contributed by atoms with van der Waals surface area (Å²) in [4.78, 5) is 36.4. The van der Waals surface area contributed by atoms with E-state index in [1.54, 1.807) is 11.0 Å². The number of para-hydroxylation sites is 1. The van der Waals surface area contributed by atoms with Gasteiger partial charge in [0.25, 0.3) is 5.69 Å². The minimum Gasteiger partial charge on any atom is -0.312 e. The molecule has 0 saturated carbocycles. The first-order chi connectivity index (χ1) is 13.0. The summed E-state index contributed by atoms with van der Waals surface area (Å²) >= 11 is 0. The summed E-state index contributed by atoms with van der Waals surface area (Å²) in [6.45, 7) is 5.26. The summed E-state index contributed by atoms with van der Waals surface area (Å²) in [6.07, 6.45) is 0.842. The molecule has 7 nitrogen and oxygen atoms in total. The molecule has 2 aliphatic rings. The molecule has 0 aromatic heterocycles. The Balaban J connectivity index is 0.000000159. The quantitative estimate of drug-likeness (QED) is 0.616. The number of hydrogen-bond donors (Lipinski definition) is 0. The number of nitro groups is 1. The fraction of sp³-hybridized carbons (Fsp3) is 0.300. The summed E-state index contributed by atoms with van der Waals surface area (Å²) < 4.78 is 0. The minimum atomic E-state index is -0.445. The average molecular weight is 367 g/mol. The van der Waals surface area contributed by atoms with E-state index < -0.39 is 4.92 Å². The van der Waals surface area contributed by atoms with Crippen LogP contribution in [0, 0.1) is 10.1 Å². The van der Waals surface area contributed by atoms with E-state index >= 15 is 0 Å². The lowest BCUT2D eigenvalue weighted by Crippen LogP contribution is -2.25. The van der Waals surface area contributed by atoms with Crippen molar-refractivity contribution < 1.29 is 14.5 Å². The Labute approximate surface area is 157 Å². The van der Waals surface area contributed by atoms with Crippen molar-refractivity contribution in [2.75, 3.05) is 22.9 Å². The number of carbonyl (C=O) groups is 2. The molecule has 4 rings (SSSR count). The van der Waals surface area contributed by atoms with Crippen LogP contribution in [0.15, 0.2) is 42.5 Å². The van der Waals surface area contributed by atoms with Gasteiger partial charge in [0.2, 0.25) is 11.8 Å². The predicted octanol–water partition coefficient (Wildman–Crippen LogP) is 3.10.